The van der Waals surface area contributed by atoms with E-state index in [-0.39, 0.29) is 5.41 Å². The van der Waals surface area contributed by atoms with Gasteiger partial charge in [0.05, 0.1) is 18.9 Å². The zero-order valence-corrected chi connectivity index (χ0v) is 22.6. The van der Waals surface area contributed by atoms with E-state index in [1.54, 1.807) is 11.3 Å². The number of ether oxygens (including phenoxy) is 2. The SMILES string of the molecule is CC(C)CCOc1ccc(N=c2scc(C(C)(C)C)n2-c2ccc(OCCC(C)C)cc2)cc1. The molecule has 0 N–H and O–H groups in total. The van der Waals surface area contributed by atoms with Crippen molar-refractivity contribution in [3.8, 4) is 17.2 Å². The molecule has 0 amide bonds. The molecule has 0 saturated carbocycles. The van der Waals surface area contributed by atoms with Crippen LogP contribution in [0.2, 0.25) is 0 Å². The lowest BCUT2D eigenvalue weighted by Crippen LogP contribution is -2.23. The van der Waals surface area contributed by atoms with Gasteiger partial charge in [-0.3, -0.25) is 4.57 Å². The van der Waals surface area contributed by atoms with Gasteiger partial charge in [-0.2, -0.15) is 0 Å². The van der Waals surface area contributed by atoms with Crippen molar-refractivity contribution >= 4 is 17.0 Å². The third-order valence-electron chi connectivity index (χ3n) is 5.56. The van der Waals surface area contributed by atoms with Gasteiger partial charge in [-0.15, -0.1) is 11.3 Å². The lowest BCUT2D eigenvalue weighted by Gasteiger charge is -2.21. The third-order valence-corrected chi connectivity index (χ3v) is 6.39. The first kappa shape index (κ1) is 26.1. The molecule has 0 saturated heterocycles. The number of thiazole rings is 1. The Hall–Kier alpha value is -2.53. The lowest BCUT2D eigenvalue weighted by atomic mass is 9.93. The molecule has 3 rings (SSSR count). The average molecular weight is 481 g/mol. The quantitative estimate of drug-likeness (QED) is 0.295. The second kappa shape index (κ2) is 11.7. The largest absolute Gasteiger partial charge is 0.494 e. The van der Waals surface area contributed by atoms with Crippen molar-refractivity contribution in [3.63, 3.8) is 0 Å². The normalized spacial score (nSPS) is 12.6. The smallest absolute Gasteiger partial charge is 0.194 e. The molecular weight excluding hydrogens is 440 g/mol. The lowest BCUT2D eigenvalue weighted by molar-refractivity contribution is 0.289. The Morgan fingerprint density at radius 1 is 0.794 bits per heavy atom. The first-order valence-electron chi connectivity index (χ1n) is 12.4. The van der Waals surface area contributed by atoms with Crippen molar-refractivity contribution in [3.05, 3.63) is 64.4 Å². The first-order valence-corrected chi connectivity index (χ1v) is 13.2. The van der Waals surface area contributed by atoms with Gasteiger partial charge >= 0.3 is 0 Å². The van der Waals surface area contributed by atoms with Crippen molar-refractivity contribution in [2.24, 2.45) is 16.8 Å². The van der Waals surface area contributed by atoms with Crippen LogP contribution >= 0.6 is 11.3 Å². The maximum Gasteiger partial charge on any atom is 0.194 e. The van der Waals surface area contributed by atoms with Gasteiger partial charge in [-0.25, -0.2) is 4.99 Å². The van der Waals surface area contributed by atoms with Crippen LogP contribution in [0.5, 0.6) is 11.5 Å². The zero-order chi connectivity index (χ0) is 24.7. The Labute approximate surface area is 209 Å². The summed E-state index contributed by atoms with van der Waals surface area (Å²) in [6, 6.07) is 16.4. The summed E-state index contributed by atoms with van der Waals surface area (Å²) >= 11 is 1.67. The van der Waals surface area contributed by atoms with E-state index in [1.807, 2.05) is 24.3 Å². The summed E-state index contributed by atoms with van der Waals surface area (Å²) in [7, 11) is 0. The Bertz CT molecular complexity index is 1080. The minimum atomic E-state index is -0.00911. The van der Waals surface area contributed by atoms with E-state index < -0.39 is 0 Å². The van der Waals surface area contributed by atoms with Crippen LogP contribution in [0.4, 0.5) is 5.69 Å². The van der Waals surface area contributed by atoms with Crippen LogP contribution in [0.1, 0.15) is 67.0 Å². The maximum absolute atomic E-state index is 5.92. The van der Waals surface area contributed by atoms with Gasteiger partial charge in [0.1, 0.15) is 11.5 Å². The summed E-state index contributed by atoms with van der Waals surface area (Å²) in [6.45, 7) is 17.0. The summed E-state index contributed by atoms with van der Waals surface area (Å²) < 4.78 is 14.0. The molecule has 34 heavy (non-hydrogen) atoms. The second-order valence-electron chi connectivity index (χ2n) is 10.7. The monoisotopic (exact) mass is 480 g/mol. The molecule has 4 nitrogen and oxygen atoms in total. The van der Waals surface area contributed by atoms with Gasteiger partial charge < -0.3 is 9.47 Å². The van der Waals surface area contributed by atoms with Gasteiger partial charge in [-0.05, 0) is 73.2 Å². The fourth-order valence-electron chi connectivity index (χ4n) is 3.40. The third kappa shape index (κ3) is 7.49. The van der Waals surface area contributed by atoms with E-state index in [4.69, 9.17) is 14.5 Å². The van der Waals surface area contributed by atoms with Gasteiger partial charge in [-0.1, -0.05) is 48.5 Å². The molecule has 1 heterocycles. The van der Waals surface area contributed by atoms with Gasteiger partial charge in [0.15, 0.2) is 4.80 Å². The van der Waals surface area contributed by atoms with Crippen molar-refractivity contribution in [1.29, 1.82) is 0 Å². The van der Waals surface area contributed by atoms with Crippen LogP contribution in [0.3, 0.4) is 0 Å². The molecule has 0 atom stereocenters. The van der Waals surface area contributed by atoms with E-state index in [2.05, 4.69) is 82.7 Å². The second-order valence-corrected chi connectivity index (χ2v) is 11.5. The van der Waals surface area contributed by atoms with Crippen molar-refractivity contribution in [2.45, 2.75) is 66.7 Å². The highest BCUT2D eigenvalue weighted by Gasteiger charge is 2.21. The fourth-order valence-corrected chi connectivity index (χ4v) is 4.54. The van der Waals surface area contributed by atoms with Crippen LogP contribution in [0.15, 0.2) is 58.9 Å². The molecule has 0 aliphatic heterocycles. The van der Waals surface area contributed by atoms with Crippen LogP contribution in [0.25, 0.3) is 5.69 Å². The summed E-state index contributed by atoms with van der Waals surface area (Å²) in [5, 5.41) is 2.22. The summed E-state index contributed by atoms with van der Waals surface area (Å²) in [5.41, 5.74) is 3.24. The molecule has 1 aromatic heterocycles. The molecule has 0 fully saturated rings. The molecule has 0 unspecified atom stereocenters. The molecule has 184 valence electrons. The van der Waals surface area contributed by atoms with Crippen LogP contribution in [-0.2, 0) is 5.41 Å². The number of nitrogens with zero attached hydrogens (tertiary/aromatic N) is 2. The molecule has 0 aliphatic carbocycles. The van der Waals surface area contributed by atoms with E-state index in [0.29, 0.717) is 11.8 Å². The summed E-state index contributed by atoms with van der Waals surface area (Å²) in [6.07, 6.45) is 2.11. The number of benzene rings is 2. The van der Waals surface area contributed by atoms with Crippen LogP contribution < -0.4 is 14.3 Å². The Balaban J connectivity index is 1.87. The first-order chi connectivity index (χ1) is 16.1. The van der Waals surface area contributed by atoms with Crippen molar-refractivity contribution in [2.75, 3.05) is 13.2 Å². The highest BCUT2D eigenvalue weighted by Crippen LogP contribution is 2.27. The molecule has 0 spiro atoms. The van der Waals surface area contributed by atoms with Gasteiger partial charge in [0, 0.05) is 22.2 Å². The van der Waals surface area contributed by atoms with Crippen LogP contribution in [0, 0.1) is 11.8 Å². The van der Waals surface area contributed by atoms with E-state index >= 15 is 0 Å². The standard InChI is InChI=1S/C29H40N2O2S/c1-21(2)16-18-32-25-12-8-23(9-13-25)30-28-31(27(20-34-28)29(5,6)7)24-10-14-26(15-11-24)33-19-17-22(3)4/h8-15,20-22H,16-19H2,1-7H3. The van der Waals surface area contributed by atoms with Gasteiger partial charge in [0.25, 0.3) is 0 Å². The Morgan fingerprint density at radius 3 is 1.76 bits per heavy atom. The predicted molar refractivity (Wildman–Crippen MR) is 144 cm³/mol. The molecule has 0 radical (unpaired) electrons. The molecule has 0 aliphatic rings. The van der Waals surface area contributed by atoms with Crippen molar-refractivity contribution in [1.82, 2.24) is 4.57 Å². The Morgan fingerprint density at radius 2 is 1.29 bits per heavy atom. The van der Waals surface area contributed by atoms with E-state index in [0.717, 1.165) is 53.7 Å². The molecular formula is C29H40N2O2S. The highest BCUT2D eigenvalue weighted by atomic mass is 32.1. The van der Waals surface area contributed by atoms with E-state index in [9.17, 15) is 0 Å². The zero-order valence-electron chi connectivity index (χ0n) is 21.8. The molecule has 0 bridgehead atoms. The number of aromatic nitrogens is 1. The number of hydrogen-bond acceptors (Lipinski definition) is 4. The number of hydrogen-bond donors (Lipinski definition) is 0. The molecule has 2 aromatic carbocycles. The minimum Gasteiger partial charge on any atom is -0.494 e. The summed E-state index contributed by atoms with van der Waals surface area (Å²) in [4.78, 5) is 5.94. The molecule has 3 aromatic rings. The molecule has 5 heteroatoms. The average Bonchev–Trinajstić information content (AvgIpc) is 3.19. The maximum atomic E-state index is 5.92. The fraction of sp³-hybridized carbons (Fsp3) is 0.483. The van der Waals surface area contributed by atoms with Gasteiger partial charge in [0.2, 0.25) is 0 Å². The summed E-state index contributed by atoms with van der Waals surface area (Å²) in [5.74, 6) is 3.08. The highest BCUT2D eigenvalue weighted by molar-refractivity contribution is 7.07. The topological polar surface area (TPSA) is 35.8 Å². The van der Waals surface area contributed by atoms with E-state index in [1.165, 1.54) is 5.69 Å². The number of rotatable bonds is 10. The Kier molecular flexibility index (Phi) is 9.01. The predicted octanol–water partition coefficient (Wildman–Crippen LogP) is 7.92. The van der Waals surface area contributed by atoms with Crippen molar-refractivity contribution < 1.29 is 9.47 Å². The van der Waals surface area contributed by atoms with Crippen LogP contribution in [-0.4, -0.2) is 17.8 Å². The minimum absolute atomic E-state index is 0.00911.